The number of ether oxygens (including phenoxy) is 2. The first-order chi connectivity index (χ1) is 11.8. The highest BCUT2D eigenvalue weighted by molar-refractivity contribution is 5.88. The summed E-state index contributed by atoms with van der Waals surface area (Å²) in [6.07, 6.45) is 0. The third kappa shape index (κ3) is 4.21. The summed E-state index contributed by atoms with van der Waals surface area (Å²) in [5, 5.41) is 12.0. The van der Waals surface area contributed by atoms with Crippen LogP contribution in [0, 0.1) is 5.82 Å². The van der Waals surface area contributed by atoms with Gasteiger partial charge in [-0.3, -0.25) is 0 Å². The van der Waals surface area contributed by atoms with Crippen molar-refractivity contribution in [3.8, 4) is 11.5 Å². The number of aromatic carboxylic acids is 1. The molecule has 134 valence electrons. The number of hydrogen-bond acceptors (Lipinski definition) is 4. The molecule has 5 nitrogen and oxygen atoms in total. The zero-order valence-corrected chi connectivity index (χ0v) is 14.7. The van der Waals surface area contributed by atoms with Crippen molar-refractivity contribution in [3.63, 3.8) is 0 Å². The summed E-state index contributed by atoms with van der Waals surface area (Å²) in [7, 11) is 3.14. The van der Waals surface area contributed by atoms with E-state index in [1.54, 1.807) is 14.2 Å². The van der Waals surface area contributed by atoms with Gasteiger partial charge in [0.15, 0.2) is 11.5 Å². The number of carbonyl (C=O) groups is 1. The minimum absolute atomic E-state index is 0.0350. The smallest absolute Gasteiger partial charge is 0.335 e. The monoisotopic (exact) mass is 347 g/mol. The number of anilines is 1. The summed E-state index contributed by atoms with van der Waals surface area (Å²) in [6.45, 7) is 4.41. The molecule has 0 spiro atoms. The molecule has 0 bridgehead atoms. The number of halogens is 1. The molecule has 0 aromatic heterocycles. The fourth-order valence-corrected chi connectivity index (χ4v) is 2.47. The van der Waals surface area contributed by atoms with Crippen LogP contribution >= 0.6 is 0 Å². The summed E-state index contributed by atoms with van der Waals surface area (Å²) in [4.78, 5) is 11.0. The molecule has 0 heterocycles. The Kier molecular flexibility index (Phi) is 5.51. The van der Waals surface area contributed by atoms with Crippen molar-refractivity contribution in [2.24, 2.45) is 0 Å². The lowest BCUT2D eigenvalue weighted by atomic mass is 9.84. The zero-order chi connectivity index (χ0) is 18.6. The van der Waals surface area contributed by atoms with Crippen molar-refractivity contribution in [1.82, 2.24) is 0 Å². The average molecular weight is 347 g/mol. The molecule has 2 aromatic rings. The molecule has 0 unspecified atom stereocenters. The van der Waals surface area contributed by atoms with Crippen molar-refractivity contribution in [2.45, 2.75) is 19.3 Å². The van der Waals surface area contributed by atoms with Crippen molar-refractivity contribution in [1.29, 1.82) is 0 Å². The van der Waals surface area contributed by atoms with E-state index in [0.717, 1.165) is 11.6 Å². The number of benzene rings is 2. The van der Waals surface area contributed by atoms with Gasteiger partial charge in [0.1, 0.15) is 5.82 Å². The van der Waals surface area contributed by atoms with E-state index in [0.29, 0.717) is 18.0 Å². The van der Waals surface area contributed by atoms with E-state index in [9.17, 15) is 9.18 Å². The molecule has 6 heteroatoms. The molecule has 2 rings (SSSR count). The van der Waals surface area contributed by atoms with Crippen LogP contribution in [-0.2, 0) is 5.41 Å². The van der Waals surface area contributed by atoms with Crippen LogP contribution in [0.1, 0.15) is 29.8 Å². The molecule has 0 amide bonds. The van der Waals surface area contributed by atoms with Crippen LogP contribution in [0.15, 0.2) is 36.4 Å². The van der Waals surface area contributed by atoms with E-state index in [1.165, 1.54) is 12.1 Å². The second-order valence-electron chi connectivity index (χ2n) is 6.31. The molecule has 2 N–H and O–H groups in total. The van der Waals surface area contributed by atoms with Crippen LogP contribution < -0.4 is 14.8 Å². The second-order valence-corrected chi connectivity index (χ2v) is 6.31. The zero-order valence-electron chi connectivity index (χ0n) is 14.7. The van der Waals surface area contributed by atoms with Crippen molar-refractivity contribution < 1.29 is 23.8 Å². The van der Waals surface area contributed by atoms with Gasteiger partial charge in [-0.15, -0.1) is 0 Å². The van der Waals surface area contributed by atoms with Gasteiger partial charge in [-0.25, -0.2) is 9.18 Å². The van der Waals surface area contributed by atoms with E-state index in [-0.39, 0.29) is 16.7 Å². The Bertz CT molecular complexity index is 774. The average Bonchev–Trinajstić information content (AvgIpc) is 2.60. The van der Waals surface area contributed by atoms with Crippen LogP contribution in [0.25, 0.3) is 0 Å². The Labute approximate surface area is 146 Å². The molecule has 0 saturated heterocycles. The predicted molar refractivity (Wildman–Crippen MR) is 94.4 cm³/mol. The van der Waals surface area contributed by atoms with Gasteiger partial charge in [0.25, 0.3) is 0 Å². The Balaban J connectivity index is 2.22. The van der Waals surface area contributed by atoms with E-state index in [1.807, 2.05) is 32.0 Å². The standard InChI is InChI=1S/C19H22FNO4/c1-19(2,13-6-8-16(24-3)17(10-13)25-4)11-21-15-9-12(18(22)23)5-7-14(15)20/h5-10,21H,11H2,1-4H3,(H,22,23). The SMILES string of the molecule is COc1ccc(C(C)(C)CNc2cc(C(=O)O)ccc2F)cc1OC. The molecule has 0 saturated carbocycles. The van der Waals surface area contributed by atoms with Gasteiger partial charge in [-0.05, 0) is 35.9 Å². The van der Waals surface area contributed by atoms with Gasteiger partial charge < -0.3 is 19.9 Å². The van der Waals surface area contributed by atoms with Gasteiger partial charge in [0.2, 0.25) is 0 Å². The molecule has 0 atom stereocenters. The highest BCUT2D eigenvalue weighted by Gasteiger charge is 2.23. The van der Waals surface area contributed by atoms with E-state index < -0.39 is 11.8 Å². The number of hydrogen-bond donors (Lipinski definition) is 2. The van der Waals surface area contributed by atoms with Gasteiger partial charge in [0.05, 0.1) is 25.5 Å². The Morgan fingerprint density at radius 1 is 1.12 bits per heavy atom. The molecule has 0 aliphatic carbocycles. The van der Waals surface area contributed by atoms with Gasteiger partial charge in [0, 0.05) is 12.0 Å². The summed E-state index contributed by atoms with van der Waals surface area (Å²) < 4.78 is 24.5. The van der Waals surface area contributed by atoms with Crippen LogP contribution in [0.3, 0.4) is 0 Å². The largest absolute Gasteiger partial charge is 0.493 e. The number of rotatable bonds is 7. The summed E-state index contributed by atoms with van der Waals surface area (Å²) in [5.41, 5.74) is 0.819. The topological polar surface area (TPSA) is 67.8 Å². The van der Waals surface area contributed by atoms with Crippen LogP contribution in [-0.4, -0.2) is 31.8 Å². The van der Waals surface area contributed by atoms with Crippen LogP contribution in [0.4, 0.5) is 10.1 Å². The van der Waals surface area contributed by atoms with Crippen molar-refractivity contribution in [3.05, 3.63) is 53.3 Å². The lowest BCUT2D eigenvalue weighted by Gasteiger charge is -2.27. The Morgan fingerprint density at radius 3 is 2.40 bits per heavy atom. The number of carboxylic acid groups (broad SMARTS) is 1. The van der Waals surface area contributed by atoms with Crippen LogP contribution in [0.2, 0.25) is 0 Å². The van der Waals surface area contributed by atoms with Gasteiger partial charge in [-0.1, -0.05) is 19.9 Å². The van der Waals surface area contributed by atoms with Gasteiger partial charge >= 0.3 is 5.97 Å². The highest BCUT2D eigenvalue weighted by atomic mass is 19.1. The minimum atomic E-state index is -1.10. The van der Waals surface area contributed by atoms with E-state index in [4.69, 9.17) is 14.6 Å². The maximum absolute atomic E-state index is 13.9. The van der Waals surface area contributed by atoms with Crippen molar-refractivity contribution >= 4 is 11.7 Å². The normalized spacial score (nSPS) is 11.1. The lowest BCUT2D eigenvalue weighted by Crippen LogP contribution is -2.28. The van der Waals surface area contributed by atoms with E-state index in [2.05, 4.69) is 5.32 Å². The first kappa shape index (κ1) is 18.6. The lowest BCUT2D eigenvalue weighted by molar-refractivity contribution is 0.0697. The Morgan fingerprint density at radius 2 is 1.80 bits per heavy atom. The molecular weight excluding hydrogens is 325 g/mol. The molecule has 0 radical (unpaired) electrons. The summed E-state index contributed by atoms with van der Waals surface area (Å²) >= 11 is 0. The highest BCUT2D eigenvalue weighted by Crippen LogP contribution is 2.33. The predicted octanol–water partition coefficient (Wildman–Crippen LogP) is 3.93. The maximum Gasteiger partial charge on any atom is 0.335 e. The third-order valence-electron chi connectivity index (χ3n) is 4.10. The fourth-order valence-electron chi connectivity index (χ4n) is 2.47. The quantitative estimate of drug-likeness (QED) is 0.794. The molecule has 0 fully saturated rings. The first-order valence-corrected chi connectivity index (χ1v) is 7.77. The second kappa shape index (κ2) is 7.42. The molecule has 0 aliphatic rings. The first-order valence-electron chi connectivity index (χ1n) is 7.77. The Hall–Kier alpha value is -2.76. The molecular formula is C19H22FNO4. The number of nitrogens with one attached hydrogen (secondary N) is 1. The molecule has 2 aromatic carbocycles. The summed E-state index contributed by atoms with van der Waals surface area (Å²) in [6, 6.07) is 9.30. The number of carboxylic acids is 1. The van der Waals surface area contributed by atoms with Gasteiger partial charge in [-0.2, -0.15) is 0 Å². The fraction of sp³-hybridized carbons (Fsp3) is 0.316. The third-order valence-corrected chi connectivity index (χ3v) is 4.10. The minimum Gasteiger partial charge on any atom is -0.493 e. The van der Waals surface area contributed by atoms with E-state index >= 15 is 0 Å². The maximum atomic E-state index is 13.9. The summed E-state index contributed by atoms with van der Waals surface area (Å²) in [5.74, 6) is -0.336. The van der Waals surface area contributed by atoms with Crippen molar-refractivity contribution in [2.75, 3.05) is 26.1 Å². The number of methoxy groups -OCH3 is 2. The van der Waals surface area contributed by atoms with Crippen LogP contribution in [0.5, 0.6) is 11.5 Å². The molecule has 0 aliphatic heterocycles. The molecule has 25 heavy (non-hydrogen) atoms.